The molecule has 0 bridgehead atoms. The summed E-state index contributed by atoms with van der Waals surface area (Å²) >= 11 is 0. The van der Waals surface area contributed by atoms with E-state index in [2.05, 4.69) is 31.2 Å². The van der Waals surface area contributed by atoms with Gasteiger partial charge in [0.05, 0.1) is 11.7 Å². The van der Waals surface area contributed by atoms with E-state index in [9.17, 15) is 10.2 Å². The minimum Gasteiger partial charge on any atom is -0.393 e. The van der Waals surface area contributed by atoms with Gasteiger partial charge in [-0.1, -0.05) is 37.3 Å². The molecule has 20 heavy (non-hydrogen) atoms. The maximum absolute atomic E-state index is 11.4. The minimum absolute atomic E-state index is 0.185. The highest BCUT2D eigenvalue weighted by Gasteiger charge is 2.52. The molecule has 2 N–H and O–H groups in total. The van der Waals surface area contributed by atoms with E-state index in [0.717, 1.165) is 38.5 Å². The van der Waals surface area contributed by atoms with Crippen LogP contribution >= 0.6 is 0 Å². The van der Waals surface area contributed by atoms with Crippen molar-refractivity contribution in [1.29, 1.82) is 0 Å². The third-order valence-electron chi connectivity index (χ3n) is 5.78. The number of aliphatic hydroxyl groups excluding tert-OH is 1. The molecule has 2 saturated carbocycles. The van der Waals surface area contributed by atoms with Crippen molar-refractivity contribution >= 4 is 0 Å². The fourth-order valence-corrected chi connectivity index (χ4v) is 4.60. The molecule has 0 aliphatic heterocycles. The van der Waals surface area contributed by atoms with Crippen LogP contribution in [0.5, 0.6) is 0 Å². The van der Waals surface area contributed by atoms with E-state index in [0.29, 0.717) is 11.8 Å². The van der Waals surface area contributed by atoms with Gasteiger partial charge in [-0.3, -0.25) is 0 Å². The van der Waals surface area contributed by atoms with Crippen LogP contribution in [0.25, 0.3) is 0 Å². The zero-order chi connectivity index (χ0) is 14.2. The molecular weight excluding hydrogens is 248 g/mol. The topological polar surface area (TPSA) is 40.5 Å². The highest BCUT2D eigenvalue weighted by molar-refractivity contribution is 5.17. The predicted molar refractivity (Wildman–Crippen MR) is 80.3 cm³/mol. The Morgan fingerprint density at radius 1 is 1.10 bits per heavy atom. The summed E-state index contributed by atoms with van der Waals surface area (Å²) in [5, 5.41) is 21.6. The van der Waals surface area contributed by atoms with Crippen molar-refractivity contribution in [2.75, 3.05) is 0 Å². The van der Waals surface area contributed by atoms with Crippen molar-refractivity contribution in [3.63, 3.8) is 0 Å². The number of rotatable bonds is 2. The van der Waals surface area contributed by atoms with E-state index in [4.69, 9.17) is 0 Å². The molecule has 3 rings (SSSR count). The third-order valence-corrected chi connectivity index (χ3v) is 5.78. The summed E-state index contributed by atoms with van der Waals surface area (Å²) in [7, 11) is 0. The average Bonchev–Trinajstić information content (AvgIpc) is 2.67. The Kier molecular flexibility index (Phi) is 3.87. The molecule has 2 aliphatic rings. The highest BCUT2D eigenvalue weighted by Crippen LogP contribution is 2.51. The van der Waals surface area contributed by atoms with Crippen molar-refractivity contribution < 1.29 is 10.2 Å². The quantitative estimate of drug-likeness (QED) is 0.869. The van der Waals surface area contributed by atoms with E-state index < -0.39 is 5.60 Å². The van der Waals surface area contributed by atoms with E-state index >= 15 is 0 Å². The lowest BCUT2D eigenvalue weighted by molar-refractivity contribution is -0.0834. The molecule has 0 radical (unpaired) electrons. The minimum atomic E-state index is -0.576. The summed E-state index contributed by atoms with van der Waals surface area (Å²) < 4.78 is 0. The molecule has 2 aliphatic carbocycles. The highest BCUT2D eigenvalue weighted by atomic mass is 16.3. The number of hydrogen-bond acceptors (Lipinski definition) is 2. The molecule has 2 fully saturated rings. The predicted octanol–water partition coefficient (Wildman–Crippen LogP) is 3.17. The summed E-state index contributed by atoms with van der Waals surface area (Å²) in [6, 6.07) is 10.4. The second-order valence-electron chi connectivity index (χ2n) is 6.92. The number of fused-ring (bicyclic) bond motifs is 1. The lowest BCUT2D eigenvalue weighted by Gasteiger charge is -2.40. The normalized spacial score (nSPS) is 41.1. The lowest BCUT2D eigenvalue weighted by Crippen LogP contribution is -2.46. The monoisotopic (exact) mass is 274 g/mol. The third kappa shape index (κ3) is 2.40. The Bertz CT molecular complexity index is 444. The first kappa shape index (κ1) is 14.1. The molecule has 0 amide bonds. The van der Waals surface area contributed by atoms with Gasteiger partial charge in [0.15, 0.2) is 0 Å². The van der Waals surface area contributed by atoms with Crippen molar-refractivity contribution in [3.05, 3.63) is 35.9 Å². The van der Waals surface area contributed by atoms with Gasteiger partial charge >= 0.3 is 0 Å². The Hall–Kier alpha value is -0.860. The van der Waals surface area contributed by atoms with Gasteiger partial charge in [-0.25, -0.2) is 0 Å². The molecule has 1 aromatic carbocycles. The molecule has 0 aromatic heterocycles. The van der Waals surface area contributed by atoms with Crippen LogP contribution in [-0.4, -0.2) is 21.9 Å². The van der Waals surface area contributed by atoms with Crippen LogP contribution in [-0.2, 0) is 6.42 Å². The average molecular weight is 274 g/mol. The first-order valence-corrected chi connectivity index (χ1v) is 8.05. The number of hydrogen-bond donors (Lipinski definition) is 2. The summed E-state index contributed by atoms with van der Waals surface area (Å²) in [5.74, 6) is 0.916. The SMILES string of the molecule is CC1CCC2CCC(O)CC(Cc3ccccc3)C12O. The smallest absolute Gasteiger partial charge is 0.0733 e. The second-order valence-corrected chi connectivity index (χ2v) is 6.92. The first-order valence-electron chi connectivity index (χ1n) is 8.05. The molecule has 0 spiro atoms. The van der Waals surface area contributed by atoms with E-state index in [-0.39, 0.29) is 12.0 Å². The van der Waals surface area contributed by atoms with Crippen molar-refractivity contribution in [3.8, 4) is 0 Å². The van der Waals surface area contributed by atoms with Gasteiger partial charge in [0.25, 0.3) is 0 Å². The van der Waals surface area contributed by atoms with Crippen LogP contribution in [0.4, 0.5) is 0 Å². The summed E-state index contributed by atoms with van der Waals surface area (Å²) in [6.45, 7) is 2.19. The maximum Gasteiger partial charge on any atom is 0.0733 e. The van der Waals surface area contributed by atoms with Gasteiger partial charge in [-0.05, 0) is 61.8 Å². The molecule has 0 saturated heterocycles. The summed E-state index contributed by atoms with van der Waals surface area (Å²) in [5.41, 5.74) is 0.700. The Labute approximate surface area is 121 Å². The second kappa shape index (κ2) is 5.50. The maximum atomic E-state index is 11.4. The number of aliphatic hydroxyl groups is 2. The van der Waals surface area contributed by atoms with Crippen LogP contribution in [0, 0.1) is 17.8 Å². The molecule has 1 aromatic rings. The van der Waals surface area contributed by atoms with Gasteiger partial charge in [0, 0.05) is 0 Å². The number of benzene rings is 1. The van der Waals surface area contributed by atoms with Crippen LogP contribution in [0.15, 0.2) is 30.3 Å². The summed E-state index contributed by atoms with van der Waals surface area (Å²) in [4.78, 5) is 0. The molecule has 5 atom stereocenters. The zero-order valence-electron chi connectivity index (χ0n) is 12.3. The molecule has 2 heteroatoms. The van der Waals surface area contributed by atoms with Crippen molar-refractivity contribution in [1.82, 2.24) is 0 Å². The van der Waals surface area contributed by atoms with Crippen LogP contribution in [0.1, 0.15) is 44.6 Å². The zero-order valence-corrected chi connectivity index (χ0v) is 12.3. The van der Waals surface area contributed by atoms with Gasteiger partial charge in [0.1, 0.15) is 0 Å². The Morgan fingerprint density at radius 3 is 2.55 bits per heavy atom. The van der Waals surface area contributed by atoms with Crippen LogP contribution in [0.2, 0.25) is 0 Å². The van der Waals surface area contributed by atoms with Gasteiger partial charge < -0.3 is 10.2 Å². The fourth-order valence-electron chi connectivity index (χ4n) is 4.60. The molecular formula is C18H26O2. The molecule has 5 unspecified atom stereocenters. The lowest BCUT2D eigenvalue weighted by atomic mass is 9.71. The molecule has 2 nitrogen and oxygen atoms in total. The van der Waals surface area contributed by atoms with Crippen LogP contribution in [0.3, 0.4) is 0 Å². The van der Waals surface area contributed by atoms with Gasteiger partial charge in [-0.15, -0.1) is 0 Å². The van der Waals surface area contributed by atoms with Crippen LogP contribution < -0.4 is 0 Å². The standard InChI is InChI=1S/C18H26O2/c1-13-7-8-15-9-10-17(19)12-16(18(13,15)20)11-14-5-3-2-4-6-14/h2-6,13,15-17,19-20H,7-12H2,1H3. The Morgan fingerprint density at radius 2 is 1.80 bits per heavy atom. The molecule has 0 heterocycles. The van der Waals surface area contributed by atoms with E-state index in [1.165, 1.54) is 5.56 Å². The van der Waals surface area contributed by atoms with Crippen molar-refractivity contribution in [2.24, 2.45) is 17.8 Å². The first-order chi connectivity index (χ1) is 9.60. The van der Waals surface area contributed by atoms with E-state index in [1.54, 1.807) is 0 Å². The van der Waals surface area contributed by atoms with Crippen molar-refractivity contribution in [2.45, 2.75) is 57.2 Å². The fraction of sp³-hybridized carbons (Fsp3) is 0.667. The largest absolute Gasteiger partial charge is 0.393 e. The van der Waals surface area contributed by atoms with Gasteiger partial charge in [0.2, 0.25) is 0 Å². The van der Waals surface area contributed by atoms with E-state index in [1.807, 2.05) is 6.07 Å². The summed E-state index contributed by atoms with van der Waals surface area (Å²) in [6.07, 6.45) is 5.46. The Balaban J connectivity index is 1.88. The van der Waals surface area contributed by atoms with Gasteiger partial charge in [-0.2, -0.15) is 0 Å². The molecule has 110 valence electrons.